The summed E-state index contributed by atoms with van der Waals surface area (Å²) in [4.78, 5) is 15.6. The zero-order valence-electron chi connectivity index (χ0n) is 29.6. The normalized spacial score (nSPS) is 11.6. The lowest BCUT2D eigenvalue weighted by molar-refractivity contribution is 0.669. The van der Waals surface area contributed by atoms with Gasteiger partial charge in [0, 0.05) is 27.5 Å². The monoisotopic (exact) mass is 701 g/mol. The molecule has 55 heavy (non-hydrogen) atoms. The van der Waals surface area contributed by atoms with Crippen LogP contribution in [0.5, 0.6) is 0 Å². The average molecular weight is 702 g/mol. The molecule has 0 saturated heterocycles. The van der Waals surface area contributed by atoms with Gasteiger partial charge in [0.2, 0.25) is 0 Å². The number of fused-ring (bicyclic) bond motifs is 7. The Kier molecular flexibility index (Phi) is 7.14. The zero-order chi connectivity index (χ0) is 36.3. The van der Waals surface area contributed by atoms with Gasteiger partial charge in [0.25, 0.3) is 0 Å². The van der Waals surface area contributed by atoms with Gasteiger partial charge in [-0.3, -0.25) is 0 Å². The summed E-state index contributed by atoms with van der Waals surface area (Å²) in [5, 5.41) is 9.39. The molecule has 4 nitrogen and oxygen atoms in total. The number of hydrogen-bond acceptors (Lipinski definition) is 4. The first-order chi connectivity index (χ1) is 27.2. The highest BCUT2D eigenvalue weighted by Gasteiger charge is 2.19. The first kappa shape index (κ1) is 31.1. The van der Waals surface area contributed by atoms with Crippen molar-refractivity contribution in [3.05, 3.63) is 188 Å². The van der Waals surface area contributed by atoms with E-state index in [4.69, 9.17) is 19.4 Å². The molecular weight excluding hydrogens is 671 g/mol. The Labute approximate surface area is 317 Å². The van der Waals surface area contributed by atoms with Gasteiger partial charge in [-0.1, -0.05) is 164 Å². The van der Waals surface area contributed by atoms with Gasteiger partial charge in [-0.25, -0.2) is 15.0 Å². The summed E-state index contributed by atoms with van der Waals surface area (Å²) >= 11 is 0. The molecule has 0 unspecified atom stereocenters. The van der Waals surface area contributed by atoms with Crippen molar-refractivity contribution in [3.63, 3.8) is 0 Å². The van der Waals surface area contributed by atoms with Gasteiger partial charge >= 0.3 is 0 Å². The van der Waals surface area contributed by atoms with E-state index < -0.39 is 0 Å². The molecule has 0 fully saturated rings. The Balaban J connectivity index is 1.09. The van der Waals surface area contributed by atoms with Crippen LogP contribution in [-0.2, 0) is 0 Å². The quantitative estimate of drug-likeness (QED) is 0.168. The smallest absolute Gasteiger partial charge is 0.164 e. The summed E-state index contributed by atoms with van der Waals surface area (Å²) < 4.78 is 6.30. The molecule has 11 rings (SSSR count). The lowest BCUT2D eigenvalue weighted by atomic mass is 9.95. The van der Waals surface area contributed by atoms with Gasteiger partial charge in [-0.05, 0) is 78.8 Å². The number of hydrogen-bond donors (Lipinski definition) is 0. The molecule has 0 N–H and O–H groups in total. The highest BCUT2D eigenvalue weighted by Crippen LogP contribution is 2.41. The summed E-state index contributed by atoms with van der Waals surface area (Å²) in [5.41, 5.74) is 8.88. The van der Waals surface area contributed by atoms with Crippen molar-refractivity contribution in [1.29, 1.82) is 0 Å². The summed E-state index contributed by atoms with van der Waals surface area (Å²) in [6.45, 7) is 0. The van der Waals surface area contributed by atoms with Crippen LogP contribution in [0.25, 0.3) is 111 Å². The summed E-state index contributed by atoms with van der Waals surface area (Å²) in [7, 11) is 0. The van der Waals surface area contributed by atoms with Gasteiger partial charge in [0.1, 0.15) is 11.2 Å². The van der Waals surface area contributed by atoms with E-state index in [1.807, 2.05) is 18.2 Å². The third-order valence-electron chi connectivity index (χ3n) is 10.7. The molecule has 11 aromatic rings. The Bertz CT molecular complexity index is 3270. The molecule has 0 radical (unpaired) electrons. The molecule has 2 aromatic heterocycles. The molecule has 0 aliphatic heterocycles. The van der Waals surface area contributed by atoms with Crippen LogP contribution in [0.1, 0.15) is 0 Å². The second kappa shape index (κ2) is 12.6. The van der Waals surface area contributed by atoms with Crippen molar-refractivity contribution in [2.45, 2.75) is 0 Å². The Morgan fingerprint density at radius 1 is 0.291 bits per heavy atom. The van der Waals surface area contributed by atoms with Crippen molar-refractivity contribution >= 4 is 54.3 Å². The van der Waals surface area contributed by atoms with Gasteiger partial charge in [0.15, 0.2) is 17.5 Å². The Morgan fingerprint density at radius 2 is 0.836 bits per heavy atom. The van der Waals surface area contributed by atoms with E-state index in [2.05, 4.69) is 170 Å². The van der Waals surface area contributed by atoms with Crippen LogP contribution in [0.3, 0.4) is 0 Å². The molecule has 4 heteroatoms. The number of para-hydroxylation sites is 1. The fourth-order valence-electron chi connectivity index (χ4n) is 8.00. The standard InChI is InChI=1S/C51H31N3O/c1-2-12-36-30-37(26-22-32(36)10-1)33-20-24-35(25-21-33)49-52-50(39-28-29-41-38(31-39)27-23-34-11-3-4-13-40(34)41)54-51(53-49)44-15-6-5-14-42(44)43-17-9-19-47-48(43)45-16-7-8-18-46(45)55-47/h1-31H. The molecule has 0 amide bonds. The molecular formula is C51H31N3O. The van der Waals surface area contributed by atoms with E-state index in [1.54, 1.807) is 0 Å². The van der Waals surface area contributed by atoms with E-state index in [1.165, 1.54) is 32.5 Å². The zero-order valence-corrected chi connectivity index (χ0v) is 29.6. The van der Waals surface area contributed by atoms with E-state index in [0.717, 1.165) is 60.7 Å². The maximum absolute atomic E-state index is 6.30. The highest BCUT2D eigenvalue weighted by molar-refractivity contribution is 6.13. The minimum atomic E-state index is 0.609. The molecule has 0 spiro atoms. The van der Waals surface area contributed by atoms with Crippen LogP contribution in [0.2, 0.25) is 0 Å². The number of benzene rings is 9. The fraction of sp³-hybridized carbons (Fsp3) is 0. The van der Waals surface area contributed by atoms with Gasteiger partial charge < -0.3 is 4.42 Å². The predicted octanol–water partition coefficient (Wildman–Crippen LogP) is 13.6. The summed E-state index contributed by atoms with van der Waals surface area (Å²) in [6, 6.07) is 65.8. The van der Waals surface area contributed by atoms with Crippen LogP contribution in [0.15, 0.2) is 192 Å². The lowest BCUT2D eigenvalue weighted by Crippen LogP contribution is -2.01. The minimum absolute atomic E-state index is 0.609. The Hall–Kier alpha value is -7.43. The predicted molar refractivity (Wildman–Crippen MR) is 227 cm³/mol. The maximum Gasteiger partial charge on any atom is 0.164 e. The molecule has 0 aliphatic carbocycles. The average Bonchev–Trinajstić information content (AvgIpc) is 3.65. The number of rotatable bonds is 5. The van der Waals surface area contributed by atoms with Crippen molar-refractivity contribution in [2.24, 2.45) is 0 Å². The summed E-state index contributed by atoms with van der Waals surface area (Å²) in [6.07, 6.45) is 0. The Morgan fingerprint density at radius 3 is 1.71 bits per heavy atom. The van der Waals surface area contributed by atoms with E-state index in [-0.39, 0.29) is 0 Å². The van der Waals surface area contributed by atoms with Gasteiger partial charge in [0.05, 0.1) is 0 Å². The van der Waals surface area contributed by atoms with Crippen LogP contribution in [0.4, 0.5) is 0 Å². The van der Waals surface area contributed by atoms with Gasteiger partial charge in [-0.15, -0.1) is 0 Å². The first-order valence-corrected chi connectivity index (χ1v) is 18.5. The van der Waals surface area contributed by atoms with E-state index in [9.17, 15) is 0 Å². The lowest BCUT2D eigenvalue weighted by Gasteiger charge is -2.13. The molecule has 256 valence electrons. The number of nitrogens with zero attached hydrogens (tertiary/aromatic N) is 3. The highest BCUT2D eigenvalue weighted by atomic mass is 16.3. The molecule has 0 aliphatic rings. The van der Waals surface area contributed by atoms with Crippen molar-refractivity contribution < 1.29 is 4.42 Å². The fourth-order valence-corrected chi connectivity index (χ4v) is 8.00. The van der Waals surface area contributed by atoms with Crippen molar-refractivity contribution in [1.82, 2.24) is 15.0 Å². The minimum Gasteiger partial charge on any atom is -0.456 e. The van der Waals surface area contributed by atoms with Crippen LogP contribution >= 0.6 is 0 Å². The third kappa shape index (κ3) is 5.34. The first-order valence-electron chi connectivity index (χ1n) is 18.5. The molecule has 0 atom stereocenters. The largest absolute Gasteiger partial charge is 0.456 e. The maximum atomic E-state index is 6.30. The summed E-state index contributed by atoms with van der Waals surface area (Å²) in [5.74, 6) is 1.85. The van der Waals surface area contributed by atoms with E-state index in [0.29, 0.717) is 17.5 Å². The molecule has 9 aromatic carbocycles. The third-order valence-corrected chi connectivity index (χ3v) is 10.7. The molecule has 2 heterocycles. The van der Waals surface area contributed by atoms with E-state index >= 15 is 0 Å². The second-order valence-corrected chi connectivity index (χ2v) is 14.0. The molecule has 0 saturated carbocycles. The van der Waals surface area contributed by atoms with Crippen molar-refractivity contribution in [3.8, 4) is 56.4 Å². The molecule has 0 bridgehead atoms. The van der Waals surface area contributed by atoms with Crippen molar-refractivity contribution in [2.75, 3.05) is 0 Å². The topological polar surface area (TPSA) is 51.8 Å². The van der Waals surface area contributed by atoms with Gasteiger partial charge in [-0.2, -0.15) is 0 Å². The van der Waals surface area contributed by atoms with Crippen LogP contribution in [0, 0.1) is 0 Å². The second-order valence-electron chi connectivity index (χ2n) is 14.0. The number of aromatic nitrogens is 3. The van der Waals surface area contributed by atoms with Crippen LogP contribution < -0.4 is 0 Å². The SMILES string of the molecule is c1ccc(-c2cccc3oc4ccccc4c23)c(-c2nc(-c3ccc(-c4ccc5ccccc5c4)cc3)nc(-c3ccc4c(ccc5ccccc54)c3)n2)c1. The van der Waals surface area contributed by atoms with Crippen LogP contribution in [-0.4, -0.2) is 15.0 Å². The number of furan rings is 1.